The molecular formula is C26H38N4O6S. The van der Waals surface area contributed by atoms with Gasteiger partial charge in [0.2, 0.25) is 10.0 Å². The molecule has 0 aliphatic carbocycles. The predicted molar refractivity (Wildman–Crippen MR) is 143 cm³/mol. The number of nitrogens with zero attached hydrogens (tertiary/aromatic N) is 2. The molecule has 1 saturated heterocycles. The Balaban J connectivity index is 0.00000112. The van der Waals surface area contributed by atoms with Crippen LogP contribution in [-0.2, 0) is 21.2 Å². The Hall–Kier alpha value is -2.99. The van der Waals surface area contributed by atoms with Gasteiger partial charge in [0.1, 0.15) is 24.3 Å². The number of carboxylic acids is 1. The number of hydrogen-bond acceptors (Lipinski definition) is 7. The number of amidine groups is 1. The van der Waals surface area contributed by atoms with Crippen LogP contribution in [0, 0.1) is 5.41 Å². The number of nitrogens with two attached hydrogens (primary N) is 1. The van der Waals surface area contributed by atoms with Gasteiger partial charge in [0.25, 0.3) is 5.97 Å². The summed E-state index contributed by atoms with van der Waals surface area (Å²) < 4.78 is 33.1. The number of unbranched alkanes of at least 4 members (excludes halogenated alkanes) is 1. The van der Waals surface area contributed by atoms with Gasteiger partial charge in [-0.3, -0.25) is 15.1 Å². The van der Waals surface area contributed by atoms with Gasteiger partial charge < -0.3 is 20.7 Å². The molecule has 11 heteroatoms. The van der Waals surface area contributed by atoms with Gasteiger partial charge >= 0.3 is 0 Å². The van der Waals surface area contributed by atoms with Crippen LogP contribution in [0.5, 0.6) is 5.75 Å². The lowest BCUT2D eigenvalue weighted by Gasteiger charge is -2.34. The second-order valence-corrected chi connectivity index (χ2v) is 10.8. The number of ether oxygens (including phenoxy) is 1. The van der Waals surface area contributed by atoms with E-state index in [0.717, 1.165) is 31.7 Å². The second-order valence-electron chi connectivity index (χ2n) is 8.88. The van der Waals surface area contributed by atoms with E-state index < -0.39 is 22.1 Å². The first-order valence-electron chi connectivity index (χ1n) is 12.3. The highest BCUT2D eigenvalue weighted by Gasteiger charge is 2.29. The molecule has 1 unspecified atom stereocenters. The number of aliphatic hydroxyl groups is 1. The SMILES string of the molecule is CC(=O)O.CCCCc1ccc(S(=O)(=O)N2CCN(CC(O)COc3cccc(C(=N)N)c3)CC2)cc1. The lowest BCUT2D eigenvalue weighted by Crippen LogP contribution is -2.50. The van der Waals surface area contributed by atoms with Crippen LogP contribution in [0.4, 0.5) is 0 Å². The van der Waals surface area contributed by atoms with Crippen molar-refractivity contribution in [3.8, 4) is 5.75 Å². The van der Waals surface area contributed by atoms with Crippen molar-refractivity contribution in [2.45, 2.75) is 44.1 Å². The van der Waals surface area contributed by atoms with Crippen molar-refractivity contribution in [3.63, 3.8) is 0 Å². The first-order chi connectivity index (χ1) is 17.5. The highest BCUT2D eigenvalue weighted by Crippen LogP contribution is 2.19. The van der Waals surface area contributed by atoms with E-state index in [1.807, 2.05) is 17.0 Å². The number of carbonyl (C=O) groups is 1. The molecule has 0 amide bonds. The van der Waals surface area contributed by atoms with Gasteiger partial charge in [-0.1, -0.05) is 37.6 Å². The van der Waals surface area contributed by atoms with Gasteiger partial charge in [-0.2, -0.15) is 4.31 Å². The predicted octanol–water partition coefficient (Wildman–Crippen LogP) is 2.15. The second kappa shape index (κ2) is 14.7. The number of aryl methyl sites for hydroxylation is 1. The quantitative estimate of drug-likeness (QED) is 0.252. The van der Waals surface area contributed by atoms with E-state index >= 15 is 0 Å². The molecule has 1 aliphatic heterocycles. The topological polar surface area (TPSA) is 157 Å². The van der Waals surface area contributed by atoms with Gasteiger partial charge in [0.15, 0.2) is 0 Å². The first kappa shape index (κ1) is 30.2. The third-order valence-corrected chi connectivity index (χ3v) is 7.68. The molecule has 204 valence electrons. The van der Waals surface area contributed by atoms with Crippen molar-refractivity contribution in [2.75, 3.05) is 39.3 Å². The molecule has 2 aromatic rings. The summed E-state index contributed by atoms with van der Waals surface area (Å²) in [7, 11) is -3.52. The highest BCUT2D eigenvalue weighted by molar-refractivity contribution is 7.89. The summed E-state index contributed by atoms with van der Waals surface area (Å²) in [6, 6.07) is 14.1. The van der Waals surface area contributed by atoms with Crippen molar-refractivity contribution < 1.29 is 28.2 Å². The Bertz CT molecular complexity index is 1110. The standard InChI is InChI=1S/C24H34N4O4S.C2H4O2/c1-2-3-5-19-8-10-23(11-9-19)33(30,31)28-14-12-27(13-15-28)17-21(29)18-32-22-7-4-6-20(16-22)24(25)26;1-2(3)4/h4,6-11,16,21,29H,2-3,5,12-15,17-18H2,1H3,(H3,25,26);1H3,(H,3,4). The number of piperazine rings is 1. The fraction of sp³-hybridized carbons (Fsp3) is 0.462. The van der Waals surface area contributed by atoms with E-state index in [2.05, 4.69) is 6.92 Å². The van der Waals surface area contributed by atoms with Gasteiger partial charge in [0.05, 0.1) is 4.90 Å². The van der Waals surface area contributed by atoms with Crippen molar-refractivity contribution >= 4 is 21.8 Å². The molecule has 1 heterocycles. The van der Waals surface area contributed by atoms with Crippen LogP contribution in [0.3, 0.4) is 0 Å². The molecule has 3 rings (SSSR count). The fourth-order valence-electron chi connectivity index (χ4n) is 3.81. The molecule has 1 fully saturated rings. The van der Waals surface area contributed by atoms with E-state index in [0.29, 0.717) is 48.9 Å². The van der Waals surface area contributed by atoms with Crippen LogP contribution >= 0.6 is 0 Å². The van der Waals surface area contributed by atoms with Crippen molar-refractivity contribution in [2.24, 2.45) is 5.73 Å². The average Bonchev–Trinajstić information content (AvgIpc) is 2.86. The van der Waals surface area contributed by atoms with Crippen LogP contribution in [0.1, 0.15) is 37.8 Å². The molecule has 1 atom stereocenters. The molecule has 10 nitrogen and oxygen atoms in total. The number of β-amino-alcohol motifs (C(OH)–C–C–N with tert-alkyl or cyclic N) is 1. The van der Waals surface area contributed by atoms with E-state index in [9.17, 15) is 13.5 Å². The Kier molecular flexibility index (Phi) is 12.0. The minimum Gasteiger partial charge on any atom is -0.491 e. The Morgan fingerprint density at radius 2 is 1.76 bits per heavy atom. The average molecular weight is 535 g/mol. The number of carboxylic acid groups (broad SMARTS) is 1. The zero-order valence-corrected chi connectivity index (χ0v) is 22.3. The molecule has 0 saturated carbocycles. The maximum atomic E-state index is 13.0. The maximum Gasteiger partial charge on any atom is 0.300 e. The molecule has 0 bridgehead atoms. The minimum atomic E-state index is -3.52. The molecular weight excluding hydrogens is 496 g/mol. The lowest BCUT2D eigenvalue weighted by atomic mass is 10.1. The fourth-order valence-corrected chi connectivity index (χ4v) is 5.23. The van der Waals surface area contributed by atoms with Gasteiger partial charge in [0, 0.05) is 45.2 Å². The summed E-state index contributed by atoms with van der Waals surface area (Å²) in [5, 5.41) is 25.3. The number of rotatable bonds is 11. The monoisotopic (exact) mass is 534 g/mol. The van der Waals surface area contributed by atoms with Gasteiger partial charge in [-0.05, 0) is 42.7 Å². The number of nitrogen functional groups attached to an aromatic ring is 1. The van der Waals surface area contributed by atoms with Crippen LogP contribution < -0.4 is 10.5 Å². The number of aliphatic hydroxyl groups excluding tert-OH is 1. The van der Waals surface area contributed by atoms with Crippen molar-refractivity contribution in [1.29, 1.82) is 5.41 Å². The number of benzene rings is 2. The third kappa shape index (κ3) is 10.1. The lowest BCUT2D eigenvalue weighted by molar-refractivity contribution is -0.134. The van der Waals surface area contributed by atoms with Crippen LogP contribution in [0.2, 0.25) is 0 Å². The molecule has 0 radical (unpaired) electrons. The van der Waals surface area contributed by atoms with Crippen LogP contribution in [0.25, 0.3) is 0 Å². The number of hydrogen-bond donors (Lipinski definition) is 4. The van der Waals surface area contributed by atoms with Crippen LogP contribution in [0.15, 0.2) is 53.4 Å². The summed E-state index contributed by atoms with van der Waals surface area (Å²) in [5.74, 6) is -0.334. The normalized spacial score (nSPS) is 15.3. The summed E-state index contributed by atoms with van der Waals surface area (Å²) in [5.41, 5.74) is 7.21. The van der Waals surface area contributed by atoms with Gasteiger partial charge in [-0.25, -0.2) is 8.42 Å². The van der Waals surface area contributed by atoms with Crippen molar-refractivity contribution in [1.82, 2.24) is 9.21 Å². The zero-order chi connectivity index (χ0) is 27.4. The largest absolute Gasteiger partial charge is 0.491 e. The first-order valence-corrected chi connectivity index (χ1v) is 13.7. The van der Waals surface area contributed by atoms with E-state index in [1.165, 1.54) is 4.31 Å². The summed E-state index contributed by atoms with van der Waals surface area (Å²) >= 11 is 0. The van der Waals surface area contributed by atoms with E-state index in [1.54, 1.807) is 36.4 Å². The number of aliphatic carboxylic acids is 1. The Morgan fingerprint density at radius 1 is 1.14 bits per heavy atom. The summed E-state index contributed by atoms with van der Waals surface area (Å²) in [4.78, 5) is 11.4. The molecule has 2 aromatic carbocycles. The minimum absolute atomic E-state index is 0.0405. The number of sulfonamides is 1. The van der Waals surface area contributed by atoms with E-state index in [-0.39, 0.29) is 12.4 Å². The molecule has 5 N–H and O–H groups in total. The molecule has 37 heavy (non-hydrogen) atoms. The molecule has 1 aliphatic rings. The Morgan fingerprint density at radius 3 is 2.32 bits per heavy atom. The molecule has 0 spiro atoms. The van der Waals surface area contributed by atoms with Crippen molar-refractivity contribution in [3.05, 3.63) is 59.7 Å². The summed E-state index contributed by atoms with van der Waals surface area (Å²) in [6.07, 6.45) is 2.45. The van der Waals surface area contributed by atoms with Crippen LogP contribution in [-0.4, -0.2) is 85.1 Å². The zero-order valence-electron chi connectivity index (χ0n) is 21.5. The van der Waals surface area contributed by atoms with Gasteiger partial charge in [-0.15, -0.1) is 0 Å². The smallest absolute Gasteiger partial charge is 0.300 e. The Labute approximate surface area is 219 Å². The summed E-state index contributed by atoms with van der Waals surface area (Å²) in [6.45, 7) is 5.58. The third-order valence-electron chi connectivity index (χ3n) is 5.77. The molecule has 0 aromatic heterocycles. The maximum absolute atomic E-state index is 13.0. The number of nitrogens with one attached hydrogen (secondary N) is 1. The van der Waals surface area contributed by atoms with E-state index in [4.69, 9.17) is 25.8 Å². The highest BCUT2D eigenvalue weighted by atomic mass is 32.2.